The molecule has 0 saturated carbocycles. The number of fused-ring (bicyclic) bond motifs is 3. The summed E-state index contributed by atoms with van der Waals surface area (Å²) < 4.78 is 5.31. The lowest BCUT2D eigenvalue weighted by Gasteiger charge is -2.27. The summed E-state index contributed by atoms with van der Waals surface area (Å²) in [6, 6.07) is 7.87. The molecule has 0 aliphatic carbocycles. The van der Waals surface area contributed by atoms with Crippen LogP contribution in [0.3, 0.4) is 0 Å². The Labute approximate surface area is 166 Å². The van der Waals surface area contributed by atoms with Crippen LogP contribution in [0.4, 0.5) is 11.5 Å². The van der Waals surface area contributed by atoms with Gasteiger partial charge in [0.25, 0.3) is 5.91 Å². The molecule has 0 spiro atoms. The number of amides is 1. The predicted octanol–water partition coefficient (Wildman–Crippen LogP) is 2.88. The number of anilines is 2. The number of hydrogen-bond donors (Lipinski definition) is 0. The molecule has 1 atom stereocenters. The zero-order valence-electron chi connectivity index (χ0n) is 15.3. The third kappa shape index (κ3) is 2.82. The van der Waals surface area contributed by atoms with E-state index in [1.54, 1.807) is 6.20 Å². The van der Waals surface area contributed by atoms with Gasteiger partial charge in [0.2, 0.25) is 12.3 Å². The van der Waals surface area contributed by atoms with Crippen LogP contribution in [0.5, 0.6) is 0 Å². The lowest BCUT2D eigenvalue weighted by atomic mass is 10.1. The summed E-state index contributed by atoms with van der Waals surface area (Å²) in [7, 11) is 0. The summed E-state index contributed by atoms with van der Waals surface area (Å²) in [5.74, 6) is 1.10. The van der Waals surface area contributed by atoms with Gasteiger partial charge in [-0.3, -0.25) is 4.79 Å². The van der Waals surface area contributed by atoms with Crippen LogP contribution in [-0.4, -0.2) is 51.5 Å². The molecule has 0 N–H and O–H groups in total. The summed E-state index contributed by atoms with van der Waals surface area (Å²) in [6.45, 7) is 1.52. The van der Waals surface area contributed by atoms with E-state index in [1.165, 1.54) is 18.2 Å². The molecule has 1 amide bonds. The van der Waals surface area contributed by atoms with Gasteiger partial charge in [-0.25, -0.2) is 9.97 Å². The normalized spacial score (nSPS) is 18.8. The summed E-state index contributed by atoms with van der Waals surface area (Å²) in [4.78, 5) is 26.5. The van der Waals surface area contributed by atoms with Crippen LogP contribution in [-0.2, 0) is 0 Å². The van der Waals surface area contributed by atoms with Gasteiger partial charge in [-0.15, -0.1) is 10.2 Å². The smallest absolute Gasteiger partial charge is 0.263 e. The third-order valence-electron chi connectivity index (χ3n) is 5.21. The molecule has 0 bridgehead atoms. The lowest BCUT2D eigenvalue weighted by Crippen LogP contribution is -2.39. The molecule has 142 valence electrons. The maximum atomic E-state index is 13.4. The Morgan fingerprint density at radius 2 is 2.25 bits per heavy atom. The molecule has 4 heterocycles. The van der Waals surface area contributed by atoms with E-state index in [0.29, 0.717) is 23.2 Å². The largest absolute Gasteiger partial charge is 0.423 e. The van der Waals surface area contributed by atoms with Crippen molar-refractivity contribution in [2.75, 3.05) is 29.1 Å². The Balaban J connectivity index is 1.59. The van der Waals surface area contributed by atoms with Crippen molar-refractivity contribution in [1.82, 2.24) is 20.2 Å². The quantitative estimate of drug-likeness (QED) is 0.495. The molecule has 2 aliphatic heterocycles. The van der Waals surface area contributed by atoms with Crippen molar-refractivity contribution in [3.05, 3.63) is 42.4 Å². The molecule has 0 radical (unpaired) electrons. The molecule has 2 aromatic heterocycles. The fraction of sp³-hybridized carbons (Fsp3) is 0.316. The number of thioether (sulfide) groups is 1. The monoisotopic (exact) mass is 394 g/mol. The van der Waals surface area contributed by atoms with Crippen LogP contribution in [0.15, 0.2) is 46.4 Å². The number of benzene rings is 1. The number of hydrogen-bond acceptors (Lipinski definition) is 8. The summed E-state index contributed by atoms with van der Waals surface area (Å²) in [5, 5.41) is 8.39. The molecule has 2 aliphatic rings. The Morgan fingerprint density at radius 3 is 3.07 bits per heavy atom. The second kappa shape index (κ2) is 6.90. The average molecular weight is 394 g/mol. The Bertz CT molecular complexity index is 1030. The van der Waals surface area contributed by atoms with Crippen LogP contribution in [0.1, 0.15) is 23.2 Å². The minimum atomic E-state index is -0.0836. The van der Waals surface area contributed by atoms with Gasteiger partial charge >= 0.3 is 0 Å². The molecule has 3 aromatic rings. The van der Waals surface area contributed by atoms with Gasteiger partial charge in [0, 0.05) is 36.6 Å². The van der Waals surface area contributed by atoms with Crippen LogP contribution in [0.2, 0.25) is 0 Å². The zero-order chi connectivity index (χ0) is 19.1. The van der Waals surface area contributed by atoms with Crippen LogP contribution < -0.4 is 9.80 Å². The van der Waals surface area contributed by atoms with Gasteiger partial charge in [-0.2, -0.15) is 0 Å². The number of rotatable bonds is 3. The predicted molar refractivity (Wildman–Crippen MR) is 106 cm³/mol. The van der Waals surface area contributed by atoms with Crippen LogP contribution >= 0.6 is 11.8 Å². The molecule has 1 unspecified atom stereocenters. The van der Waals surface area contributed by atoms with Crippen molar-refractivity contribution in [3.8, 4) is 11.5 Å². The fourth-order valence-electron chi connectivity index (χ4n) is 3.90. The highest BCUT2D eigenvalue weighted by Crippen LogP contribution is 2.35. The van der Waals surface area contributed by atoms with Gasteiger partial charge in [0.05, 0.1) is 0 Å². The van der Waals surface area contributed by atoms with Crippen molar-refractivity contribution in [3.63, 3.8) is 0 Å². The maximum Gasteiger partial charge on any atom is 0.263 e. The second-order valence-corrected chi connectivity index (χ2v) is 7.57. The van der Waals surface area contributed by atoms with Crippen LogP contribution in [0.25, 0.3) is 11.5 Å². The standard InChI is InChI=1S/C19H18N6O2S/c1-28-19-20-9-15-16(22-19)24-7-3-6-14(24)10-25(18(15)26)13-5-2-4-12(8-13)17-23-21-11-27-17/h2,4-5,8-9,11,14H,3,6-7,10H2,1H3. The summed E-state index contributed by atoms with van der Waals surface area (Å²) in [6.07, 6.45) is 7.02. The Hall–Kier alpha value is -2.94. The topological polar surface area (TPSA) is 88.2 Å². The maximum absolute atomic E-state index is 13.4. The van der Waals surface area contributed by atoms with E-state index in [9.17, 15) is 4.79 Å². The van der Waals surface area contributed by atoms with E-state index < -0.39 is 0 Å². The lowest BCUT2D eigenvalue weighted by molar-refractivity contribution is 0.0988. The first-order valence-electron chi connectivity index (χ1n) is 9.11. The van der Waals surface area contributed by atoms with E-state index in [0.717, 1.165) is 36.5 Å². The molecule has 9 heteroatoms. The van der Waals surface area contributed by atoms with Crippen molar-refractivity contribution in [1.29, 1.82) is 0 Å². The van der Waals surface area contributed by atoms with Gasteiger partial charge < -0.3 is 14.2 Å². The van der Waals surface area contributed by atoms with E-state index in [2.05, 4.69) is 25.1 Å². The molecular weight excluding hydrogens is 376 g/mol. The first-order chi connectivity index (χ1) is 13.7. The molecule has 28 heavy (non-hydrogen) atoms. The summed E-state index contributed by atoms with van der Waals surface area (Å²) >= 11 is 1.48. The van der Waals surface area contributed by atoms with Gasteiger partial charge in [0.15, 0.2) is 5.16 Å². The van der Waals surface area contributed by atoms with E-state index in [4.69, 9.17) is 4.42 Å². The van der Waals surface area contributed by atoms with Gasteiger partial charge in [0.1, 0.15) is 11.4 Å². The summed E-state index contributed by atoms with van der Waals surface area (Å²) in [5.41, 5.74) is 2.13. The number of aromatic nitrogens is 4. The first-order valence-corrected chi connectivity index (χ1v) is 10.3. The van der Waals surface area contributed by atoms with E-state index in [-0.39, 0.29) is 11.9 Å². The number of carbonyl (C=O) groups is 1. The molecule has 1 fully saturated rings. The van der Waals surface area contributed by atoms with E-state index in [1.807, 2.05) is 35.4 Å². The SMILES string of the molecule is CSc1ncc2c(n1)N1CCCC1CN(c1cccc(-c3nnco3)c1)C2=O. The van der Waals surface area contributed by atoms with Crippen molar-refractivity contribution < 1.29 is 9.21 Å². The van der Waals surface area contributed by atoms with Crippen molar-refractivity contribution >= 4 is 29.2 Å². The van der Waals surface area contributed by atoms with Crippen LogP contribution in [0, 0.1) is 0 Å². The molecule has 1 aromatic carbocycles. The highest BCUT2D eigenvalue weighted by atomic mass is 32.2. The Kier molecular flexibility index (Phi) is 4.23. The fourth-order valence-corrected chi connectivity index (χ4v) is 4.23. The highest BCUT2D eigenvalue weighted by Gasteiger charge is 2.37. The van der Waals surface area contributed by atoms with Crippen molar-refractivity contribution in [2.45, 2.75) is 24.0 Å². The number of carbonyl (C=O) groups excluding carboxylic acids is 1. The molecule has 8 nitrogen and oxygen atoms in total. The molecular formula is C19H18N6O2S. The molecule has 1 saturated heterocycles. The van der Waals surface area contributed by atoms with Gasteiger partial charge in [-0.05, 0) is 37.3 Å². The zero-order valence-corrected chi connectivity index (χ0v) is 16.1. The highest BCUT2D eigenvalue weighted by molar-refractivity contribution is 7.98. The average Bonchev–Trinajstić information content (AvgIpc) is 3.41. The van der Waals surface area contributed by atoms with E-state index >= 15 is 0 Å². The van der Waals surface area contributed by atoms with Gasteiger partial charge in [-0.1, -0.05) is 17.8 Å². The minimum absolute atomic E-state index is 0.0836. The Morgan fingerprint density at radius 1 is 1.32 bits per heavy atom. The third-order valence-corrected chi connectivity index (χ3v) is 5.77. The number of nitrogens with zero attached hydrogens (tertiary/aromatic N) is 6. The molecule has 5 rings (SSSR count). The second-order valence-electron chi connectivity index (χ2n) is 6.79. The van der Waals surface area contributed by atoms with Crippen molar-refractivity contribution in [2.24, 2.45) is 0 Å². The minimum Gasteiger partial charge on any atom is -0.423 e. The first kappa shape index (κ1) is 17.2.